The second-order valence-electron chi connectivity index (χ2n) is 3.91. The fourth-order valence-electron chi connectivity index (χ4n) is 1.46. The highest BCUT2D eigenvalue weighted by atomic mass is 14.0. The molecule has 1 rings (SSSR count). The Morgan fingerprint density at radius 2 is 2.00 bits per heavy atom. The maximum absolute atomic E-state index is 3.92. The lowest BCUT2D eigenvalue weighted by Crippen LogP contribution is -1.89. The molecule has 0 amide bonds. The van der Waals surface area contributed by atoms with Crippen LogP contribution in [-0.4, -0.2) is 0 Å². The van der Waals surface area contributed by atoms with Gasteiger partial charge in [-0.05, 0) is 24.8 Å². The van der Waals surface area contributed by atoms with Gasteiger partial charge >= 0.3 is 0 Å². The average molecular weight is 186 g/mol. The Bertz CT molecular complexity index is 306. The van der Waals surface area contributed by atoms with Crippen LogP contribution in [0, 0.1) is 5.92 Å². The van der Waals surface area contributed by atoms with Crippen LogP contribution in [-0.2, 0) is 0 Å². The average Bonchev–Trinajstić information content (AvgIpc) is 2.15. The van der Waals surface area contributed by atoms with Crippen LogP contribution in [0.4, 0.5) is 0 Å². The van der Waals surface area contributed by atoms with Crippen LogP contribution in [0.3, 0.4) is 0 Å². The molecule has 0 heteroatoms. The van der Waals surface area contributed by atoms with E-state index in [2.05, 4.69) is 56.8 Å². The number of hydrogen-bond acceptors (Lipinski definition) is 0. The van der Waals surface area contributed by atoms with E-state index in [-0.39, 0.29) is 0 Å². The fraction of sp³-hybridized carbons (Fsp3) is 0.286. The van der Waals surface area contributed by atoms with Crippen molar-refractivity contribution in [1.29, 1.82) is 0 Å². The Balaban J connectivity index is 2.52. The largest absolute Gasteiger partial charge is 0.100 e. The van der Waals surface area contributed by atoms with Crippen LogP contribution in [0.15, 0.2) is 48.6 Å². The van der Waals surface area contributed by atoms with Gasteiger partial charge in [-0.15, -0.1) is 6.58 Å². The molecule has 0 aliphatic heterocycles. The van der Waals surface area contributed by atoms with Gasteiger partial charge < -0.3 is 0 Å². The molecule has 0 fully saturated rings. The molecule has 0 N–H and O–H groups in total. The molecule has 0 heterocycles. The van der Waals surface area contributed by atoms with E-state index >= 15 is 0 Å². The SMILES string of the molecule is C=C(C)CC(C)/C=C/c1ccccc1. The summed E-state index contributed by atoms with van der Waals surface area (Å²) in [6.45, 7) is 8.21. The Kier molecular flexibility index (Phi) is 4.18. The monoisotopic (exact) mass is 186 g/mol. The van der Waals surface area contributed by atoms with Gasteiger partial charge in [0, 0.05) is 0 Å². The summed E-state index contributed by atoms with van der Waals surface area (Å²) in [4.78, 5) is 0. The maximum Gasteiger partial charge on any atom is -0.0222 e. The van der Waals surface area contributed by atoms with Crippen molar-refractivity contribution in [2.24, 2.45) is 5.92 Å². The second kappa shape index (κ2) is 5.43. The highest BCUT2D eigenvalue weighted by molar-refractivity contribution is 5.48. The lowest BCUT2D eigenvalue weighted by atomic mass is 10.0. The number of allylic oxidation sites excluding steroid dienone is 2. The summed E-state index contributed by atoms with van der Waals surface area (Å²) in [6, 6.07) is 10.4. The van der Waals surface area contributed by atoms with Crippen molar-refractivity contribution in [3.63, 3.8) is 0 Å². The summed E-state index contributed by atoms with van der Waals surface area (Å²) in [5, 5.41) is 0. The van der Waals surface area contributed by atoms with E-state index in [9.17, 15) is 0 Å². The zero-order valence-corrected chi connectivity index (χ0v) is 9.03. The summed E-state index contributed by atoms with van der Waals surface area (Å²) in [5.74, 6) is 0.577. The highest BCUT2D eigenvalue weighted by Crippen LogP contribution is 2.12. The van der Waals surface area contributed by atoms with Crippen LogP contribution in [0.2, 0.25) is 0 Å². The summed E-state index contributed by atoms with van der Waals surface area (Å²) in [6.07, 6.45) is 5.49. The van der Waals surface area contributed by atoms with Crippen LogP contribution in [0.25, 0.3) is 6.08 Å². The van der Waals surface area contributed by atoms with Crippen molar-refractivity contribution in [2.45, 2.75) is 20.3 Å². The van der Waals surface area contributed by atoms with Gasteiger partial charge in [0.15, 0.2) is 0 Å². The minimum atomic E-state index is 0.577. The Labute approximate surface area is 87.0 Å². The van der Waals surface area contributed by atoms with Gasteiger partial charge in [0.05, 0.1) is 0 Å². The topological polar surface area (TPSA) is 0 Å². The molecule has 14 heavy (non-hydrogen) atoms. The van der Waals surface area contributed by atoms with Crippen molar-refractivity contribution in [2.75, 3.05) is 0 Å². The Hall–Kier alpha value is -1.30. The highest BCUT2D eigenvalue weighted by Gasteiger charge is 1.96. The van der Waals surface area contributed by atoms with Gasteiger partial charge in [-0.25, -0.2) is 0 Å². The predicted octanol–water partition coefficient (Wildman–Crippen LogP) is 4.30. The van der Waals surface area contributed by atoms with Crippen LogP contribution >= 0.6 is 0 Å². The quantitative estimate of drug-likeness (QED) is 0.615. The first kappa shape index (κ1) is 10.8. The van der Waals surface area contributed by atoms with E-state index in [1.54, 1.807) is 0 Å². The molecule has 0 aliphatic rings. The van der Waals surface area contributed by atoms with Crippen LogP contribution in [0.1, 0.15) is 25.8 Å². The number of rotatable bonds is 4. The van der Waals surface area contributed by atoms with E-state index < -0.39 is 0 Å². The Morgan fingerprint density at radius 1 is 1.36 bits per heavy atom. The summed E-state index contributed by atoms with van der Waals surface area (Å²) in [7, 11) is 0. The molecule has 0 saturated carbocycles. The van der Waals surface area contributed by atoms with Crippen molar-refractivity contribution in [3.8, 4) is 0 Å². The fourth-order valence-corrected chi connectivity index (χ4v) is 1.46. The zero-order chi connectivity index (χ0) is 10.4. The van der Waals surface area contributed by atoms with Gasteiger partial charge in [-0.3, -0.25) is 0 Å². The molecule has 0 saturated heterocycles. The van der Waals surface area contributed by atoms with E-state index in [0.29, 0.717) is 5.92 Å². The van der Waals surface area contributed by atoms with Crippen molar-refractivity contribution >= 4 is 6.08 Å². The molecule has 1 atom stereocenters. The molecule has 0 radical (unpaired) electrons. The van der Waals surface area contributed by atoms with E-state index in [0.717, 1.165) is 6.42 Å². The van der Waals surface area contributed by atoms with Crippen molar-refractivity contribution < 1.29 is 0 Å². The third kappa shape index (κ3) is 4.08. The van der Waals surface area contributed by atoms with Gasteiger partial charge in [0.2, 0.25) is 0 Å². The van der Waals surface area contributed by atoms with Gasteiger partial charge in [0.1, 0.15) is 0 Å². The maximum atomic E-state index is 3.92. The minimum Gasteiger partial charge on any atom is -0.100 e. The molecule has 1 aromatic rings. The van der Waals surface area contributed by atoms with Gasteiger partial charge in [0.25, 0.3) is 0 Å². The van der Waals surface area contributed by atoms with Crippen LogP contribution in [0.5, 0.6) is 0 Å². The van der Waals surface area contributed by atoms with Crippen molar-refractivity contribution in [3.05, 3.63) is 54.1 Å². The molecular weight excluding hydrogens is 168 g/mol. The van der Waals surface area contributed by atoms with Gasteiger partial charge in [-0.2, -0.15) is 0 Å². The normalized spacial score (nSPS) is 13.0. The van der Waals surface area contributed by atoms with Gasteiger partial charge in [-0.1, -0.05) is 55.0 Å². The lowest BCUT2D eigenvalue weighted by Gasteiger charge is -2.04. The summed E-state index contributed by atoms with van der Waals surface area (Å²) < 4.78 is 0. The first-order chi connectivity index (χ1) is 6.68. The minimum absolute atomic E-state index is 0.577. The summed E-state index contributed by atoms with van der Waals surface area (Å²) in [5.41, 5.74) is 2.51. The predicted molar refractivity (Wildman–Crippen MR) is 64.1 cm³/mol. The number of benzene rings is 1. The molecule has 0 spiro atoms. The molecule has 1 aromatic carbocycles. The molecular formula is C14H18. The van der Waals surface area contributed by atoms with Crippen LogP contribution < -0.4 is 0 Å². The zero-order valence-electron chi connectivity index (χ0n) is 9.03. The second-order valence-corrected chi connectivity index (χ2v) is 3.91. The number of hydrogen-bond donors (Lipinski definition) is 0. The molecule has 0 aliphatic carbocycles. The van der Waals surface area contributed by atoms with E-state index in [1.807, 2.05) is 6.07 Å². The van der Waals surface area contributed by atoms with E-state index in [1.165, 1.54) is 11.1 Å². The molecule has 0 nitrogen and oxygen atoms in total. The van der Waals surface area contributed by atoms with E-state index in [4.69, 9.17) is 0 Å². The molecule has 74 valence electrons. The smallest absolute Gasteiger partial charge is 0.0222 e. The molecule has 1 unspecified atom stereocenters. The first-order valence-electron chi connectivity index (χ1n) is 5.06. The molecule has 0 bridgehead atoms. The lowest BCUT2D eigenvalue weighted by molar-refractivity contribution is 0.721. The summed E-state index contributed by atoms with van der Waals surface area (Å²) >= 11 is 0. The Morgan fingerprint density at radius 3 is 2.57 bits per heavy atom. The standard InChI is InChI=1S/C14H18/c1-12(2)11-13(3)9-10-14-7-5-4-6-8-14/h4-10,13H,1,11H2,2-3H3/b10-9+. The third-order valence-corrected chi connectivity index (χ3v) is 2.09. The molecule has 0 aromatic heterocycles. The van der Waals surface area contributed by atoms with Crippen molar-refractivity contribution in [1.82, 2.24) is 0 Å². The first-order valence-corrected chi connectivity index (χ1v) is 5.06. The third-order valence-electron chi connectivity index (χ3n) is 2.09.